The summed E-state index contributed by atoms with van der Waals surface area (Å²) in [6.45, 7) is 18.2. The van der Waals surface area contributed by atoms with Crippen LogP contribution in [0.15, 0.2) is 85.2 Å². The highest BCUT2D eigenvalue weighted by atomic mass is 19.3. The Bertz CT molecular complexity index is 2460. The number of hydrogen-bond donors (Lipinski definition) is 2. The fourth-order valence-corrected chi connectivity index (χ4v) is 11.2. The van der Waals surface area contributed by atoms with E-state index in [1.807, 2.05) is 30.3 Å². The number of nitrogens with one attached hydrogen (secondary N) is 2. The van der Waals surface area contributed by atoms with Crippen LogP contribution in [-0.2, 0) is 30.8 Å². The number of halogens is 4. The molecule has 12 heteroatoms. The molecule has 2 N–H and O–H groups in total. The van der Waals surface area contributed by atoms with E-state index in [0.717, 1.165) is 78.7 Å². The number of rotatable bonds is 8. The Morgan fingerprint density at radius 3 is 2.37 bits per heavy atom. The smallest absolute Gasteiger partial charge is 0.255 e. The lowest BCUT2D eigenvalue weighted by Gasteiger charge is -2.40. The third kappa shape index (κ3) is 6.62. The second-order valence-electron chi connectivity index (χ2n) is 18.2. The number of H-pyrrole nitrogens is 1. The molecular weight excluding hydrogens is 769 g/mol. The maximum Gasteiger partial charge on any atom is 0.255 e. The van der Waals surface area contributed by atoms with E-state index in [1.165, 1.54) is 17.7 Å². The van der Waals surface area contributed by atoms with Crippen molar-refractivity contribution in [3.8, 4) is 0 Å². The molecule has 3 fully saturated rings. The maximum absolute atomic E-state index is 16.4. The molecule has 1 aromatic heterocycles. The van der Waals surface area contributed by atoms with E-state index in [0.29, 0.717) is 73.7 Å². The molecule has 8 nitrogen and oxygen atoms in total. The number of piperidine rings is 2. The average Bonchev–Trinajstić information content (AvgIpc) is 3.99. The molecule has 10 rings (SSSR count). The number of hydrogen-bond acceptors (Lipinski definition) is 5. The molecule has 3 atom stereocenters. The van der Waals surface area contributed by atoms with E-state index < -0.39 is 42.4 Å². The average molecular weight is 819 g/mol. The molecular formula is C48H50F4N6O2. The number of carbonyl (C=O) groups excluding carboxylic acids is 2. The predicted molar refractivity (Wildman–Crippen MR) is 223 cm³/mol. The van der Waals surface area contributed by atoms with Gasteiger partial charge in [0.1, 0.15) is 17.7 Å². The minimum atomic E-state index is -2.64. The zero-order chi connectivity index (χ0) is 41.6. The summed E-state index contributed by atoms with van der Waals surface area (Å²) >= 11 is 0. The molecule has 6 heterocycles. The molecule has 312 valence electrons. The van der Waals surface area contributed by atoms with Gasteiger partial charge in [0, 0.05) is 96.4 Å². The van der Waals surface area contributed by atoms with E-state index in [9.17, 15) is 18.4 Å². The number of likely N-dealkylation sites (tertiary alicyclic amines) is 1. The standard InChI is InChI=1S/C48H50F4N6O2/c1-27-16-37-34-6-4-5-7-40(34)54-45(37)43(35(27)21-42(51)52)44-38(49)19-33(20-39(44)50)56-15-12-48(26-56)10-13-55(14-11-48)22-29(3)57-23-30-17-32-25-58(41-9-8-28(2)53-46(41)59)47(60)36(32)18-31(30)24-57/h4-7,17-20,35,41-43,54H,1-3,8-16,21-26H2,(H,53,59)/t35?,41?,43-/m1/s1. The summed E-state index contributed by atoms with van der Waals surface area (Å²) in [6, 6.07) is 14.1. The van der Waals surface area contributed by atoms with Gasteiger partial charge in [0.2, 0.25) is 12.3 Å². The van der Waals surface area contributed by atoms with Crippen LogP contribution in [0.1, 0.15) is 88.3 Å². The monoisotopic (exact) mass is 818 g/mol. The minimum absolute atomic E-state index is 0.0311. The minimum Gasteiger partial charge on any atom is -0.371 e. The van der Waals surface area contributed by atoms with Crippen LogP contribution in [0.25, 0.3) is 10.9 Å². The number of aromatic amines is 1. The van der Waals surface area contributed by atoms with Gasteiger partial charge in [-0.05, 0) is 109 Å². The number of anilines is 1. The lowest BCUT2D eigenvalue weighted by atomic mass is 9.70. The van der Waals surface area contributed by atoms with Gasteiger partial charge in [0.05, 0.1) is 0 Å². The first-order chi connectivity index (χ1) is 28.8. The Labute approximate surface area is 347 Å². The number of nitrogens with zero attached hydrogens (tertiary/aromatic N) is 4. The first kappa shape index (κ1) is 38.8. The van der Waals surface area contributed by atoms with Gasteiger partial charge in [0.15, 0.2) is 0 Å². The van der Waals surface area contributed by atoms with Gasteiger partial charge in [0.25, 0.3) is 5.91 Å². The van der Waals surface area contributed by atoms with Crippen LogP contribution < -0.4 is 10.2 Å². The fraction of sp³-hybridized carbons (Fsp3) is 0.417. The van der Waals surface area contributed by atoms with Gasteiger partial charge in [-0.3, -0.25) is 14.5 Å². The molecule has 3 saturated heterocycles. The Balaban J connectivity index is 0.775. The number of allylic oxidation sites excluding steroid dienone is 2. The highest BCUT2D eigenvalue weighted by Crippen LogP contribution is 2.50. The van der Waals surface area contributed by atoms with Crippen LogP contribution in [0.5, 0.6) is 0 Å². The second-order valence-corrected chi connectivity index (χ2v) is 18.2. The van der Waals surface area contributed by atoms with Crippen LogP contribution in [0.4, 0.5) is 23.2 Å². The number of para-hydroxylation sites is 1. The summed E-state index contributed by atoms with van der Waals surface area (Å²) in [7, 11) is 0. The molecule has 0 saturated carbocycles. The molecule has 60 heavy (non-hydrogen) atoms. The van der Waals surface area contributed by atoms with Crippen molar-refractivity contribution in [3.63, 3.8) is 0 Å². The number of amides is 2. The first-order valence-electron chi connectivity index (χ1n) is 21.2. The van der Waals surface area contributed by atoms with Gasteiger partial charge < -0.3 is 25.0 Å². The van der Waals surface area contributed by atoms with Crippen molar-refractivity contribution in [1.29, 1.82) is 0 Å². The number of aromatic nitrogens is 1. The molecule has 4 aromatic rings. The zero-order valence-corrected chi connectivity index (χ0v) is 33.8. The van der Waals surface area contributed by atoms with Gasteiger partial charge in [-0.2, -0.15) is 0 Å². The van der Waals surface area contributed by atoms with Crippen molar-refractivity contribution in [1.82, 2.24) is 25.0 Å². The summed E-state index contributed by atoms with van der Waals surface area (Å²) in [4.78, 5) is 37.9. The topological polar surface area (TPSA) is 74.9 Å². The van der Waals surface area contributed by atoms with Crippen LogP contribution >= 0.6 is 0 Å². The number of benzene rings is 3. The van der Waals surface area contributed by atoms with Crippen molar-refractivity contribution in [2.24, 2.45) is 11.3 Å². The Morgan fingerprint density at radius 1 is 0.917 bits per heavy atom. The van der Waals surface area contributed by atoms with Crippen molar-refractivity contribution < 1.29 is 27.2 Å². The molecule has 1 aliphatic carbocycles. The molecule has 0 bridgehead atoms. The zero-order valence-electron chi connectivity index (χ0n) is 33.8. The Hall–Kier alpha value is -5.36. The van der Waals surface area contributed by atoms with Crippen molar-refractivity contribution in [3.05, 3.63) is 136 Å². The molecule has 1 spiro atoms. The van der Waals surface area contributed by atoms with Crippen LogP contribution in [0, 0.1) is 23.0 Å². The number of fused-ring (bicyclic) bond motifs is 5. The summed E-state index contributed by atoms with van der Waals surface area (Å²) in [5, 5.41) is 3.72. The van der Waals surface area contributed by atoms with Crippen LogP contribution in [-0.4, -0.2) is 76.7 Å². The third-order valence-electron chi connectivity index (χ3n) is 14.5. The normalized spacial score (nSPS) is 23.9. The molecule has 5 aliphatic heterocycles. The van der Waals surface area contributed by atoms with Crippen molar-refractivity contribution in [2.75, 3.05) is 37.6 Å². The van der Waals surface area contributed by atoms with Gasteiger partial charge in [-0.1, -0.05) is 49.6 Å². The van der Waals surface area contributed by atoms with Crippen molar-refractivity contribution in [2.45, 2.75) is 83.0 Å². The third-order valence-corrected chi connectivity index (χ3v) is 14.5. The number of carbonyl (C=O) groups is 2. The summed E-state index contributed by atoms with van der Waals surface area (Å²) in [6.07, 6.45) is 1.32. The van der Waals surface area contributed by atoms with E-state index in [4.69, 9.17) is 0 Å². The lowest BCUT2D eigenvalue weighted by molar-refractivity contribution is -0.126. The molecule has 3 aromatic carbocycles. The van der Waals surface area contributed by atoms with E-state index >= 15 is 8.78 Å². The molecule has 2 amide bonds. The van der Waals surface area contributed by atoms with Gasteiger partial charge in [-0.15, -0.1) is 0 Å². The summed E-state index contributed by atoms with van der Waals surface area (Å²) < 4.78 is 60.7. The number of alkyl halides is 2. The molecule has 2 unspecified atom stereocenters. The van der Waals surface area contributed by atoms with E-state index in [2.05, 4.69) is 50.8 Å². The lowest BCUT2D eigenvalue weighted by Crippen LogP contribution is -2.49. The summed E-state index contributed by atoms with van der Waals surface area (Å²) in [5.74, 6) is -3.43. The maximum atomic E-state index is 16.4. The summed E-state index contributed by atoms with van der Waals surface area (Å²) in [5.41, 5.74) is 8.86. The highest BCUT2D eigenvalue weighted by molar-refractivity contribution is 6.01. The van der Waals surface area contributed by atoms with Crippen LogP contribution in [0.3, 0.4) is 0 Å². The van der Waals surface area contributed by atoms with Gasteiger partial charge in [-0.25, -0.2) is 17.6 Å². The SMILES string of the molecule is C=C1CCC(N2Cc3cc4c(cc3C2=O)CN(C(=C)CN2CCC3(CC2)CCN(c2cc(F)c([C@@H]5c6[nH]c7ccccc7c6CC(=C)C5CC(F)F)c(F)c2)C3)C4)C(=O)N1. The highest BCUT2D eigenvalue weighted by Gasteiger charge is 2.44. The fourth-order valence-electron chi connectivity index (χ4n) is 11.2. The predicted octanol–water partition coefficient (Wildman–Crippen LogP) is 8.53. The Morgan fingerprint density at radius 2 is 1.63 bits per heavy atom. The quantitative estimate of drug-likeness (QED) is 0.138. The van der Waals surface area contributed by atoms with Crippen molar-refractivity contribution >= 4 is 28.4 Å². The van der Waals surface area contributed by atoms with Gasteiger partial charge >= 0.3 is 0 Å². The first-order valence-corrected chi connectivity index (χ1v) is 21.2. The van der Waals surface area contributed by atoms with Crippen LogP contribution in [0.2, 0.25) is 0 Å². The molecule has 6 aliphatic rings. The van der Waals surface area contributed by atoms with E-state index in [1.54, 1.807) is 4.90 Å². The largest absolute Gasteiger partial charge is 0.371 e. The Kier molecular flexibility index (Phi) is 9.49. The van der Waals surface area contributed by atoms with E-state index in [-0.39, 0.29) is 22.8 Å². The molecule has 0 radical (unpaired) electrons. The second kappa shape index (κ2) is 14.7.